The smallest absolute Gasteiger partial charge is 0.240 e. The van der Waals surface area contributed by atoms with E-state index in [2.05, 4.69) is 32.8 Å². The van der Waals surface area contributed by atoms with E-state index in [1.54, 1.807) is 0 Å². The number of pyridine rings is 1. The summed E-state index contributed by atoms with van der Waals surface area (Å²) in [5.74, 6) is 0.340. The zero-order valence-electron chi connectivity index (χ0n) is 14.2. The van der Waals surface area contributed by atoms with Gasteiger partial charge in [0.05, 0.1) is 11.7 Å². The molecule has 3 rings (SSSR count). The molecule has 0 bridgehead atoms. The van der Waals surface area contributed by atoms with E-state index < -0.39 is 0 Å². The van der Waals surface area contributed by atoms with Crippen LogP contribution in [0.25, 0.3) is 0 Å². The molecule has 0 spiro atoms. The second-order valence-corrected chi connectivity index (χ2v) is 6.77. The van der Waals surface area contributed by atoms with E-state index in [0.29, 0.717) is 5.91 Å². The van der Waals surface area contributed by atoms with Crippen LogP contribution in [0, 0.1) is 0 Å². The molecule has 5 nitrogen and oxygen atoms in total. The fourth-order valence-electron chi connectivity index (χ4n) is 3.62. The zero-order chi connectivity index (χ0) is 16.1. The summed E-state index contributed by atoms with van der Waals surface area (Å²) >= 11 is 0. The third kappa shape index (κ3) is 4.30. The average molecular weight is 316 g/mol. The highest BCUT2D eigenvalue weighted by atomic mass is 16.2. The van der Waals surface area contributed by atoms with E-state index >= 15 is 0 Å². The van der Waals surface area contributed by atoms with Crippen LogP contribution in [0.15, 0.2) is 24.4 Å². The van der Waals surface area contributed by atoms with Gasteiger partial charge in [-0.3, -0.25) is 19.6 Å². The first-order valence-electron chi connectivity index (χ1n) is 8.85. The summed E-state index contributed by atoms with van der Waals surface area (Å²) in [6.45, 7) is 5.51. The second-order valence-electron chi connectivity index (χ2n) is 6.77. The van der Waals surface area contributed by atoms with Gasteiger partial charge in [0.15, 0.2) is 0 Å². The Bertz CT molecular complexity index is 499. The third-order valence-corrected chi connectivity index (χ3v) is 5.10. The largest absolute Gasteiger partial charge is 0.339 e. The van der Waals surface area contributed by atoms with Crippen molar-refractivity contribution in [3.05, 3.63) is 30.1 Å². The Hall–Kier alpha value is -1.46. The number of rotatable bonds is 3. The van der Waals surface area contributed by atoms with Gasteiger partial charge in [0.2, 0.25) is 5.91 Å². The molecule has 0 radical (unpaired) electrons. The van der Waals surface area contributed by atoms with Gasteiger partial charge >= 0.3 is 0 Å². The maximum absolute atomic E-state index is 12.8. The number of aromatic nitrogens is 1. The number of carbonyl (C=O) groups is 1. The molecule has 23 heavy (non-hydrogen) atoms. The van der Waals surface area contributed by atoms with Crippen LogP contribution in [0.1, 0.15) is 31.4 Å². The Morgan fingerprint density at radius 2 is 1.96 bits per heavy atom. The summed E-state index contributed by atoms with van der Waals surface area (Å²) in [5.41, 5.74) is 1.11. The van der Waals surface area contributed by atoms with E-state index in [1.165, 1.54) is 19.3 Å². The molecule has 0 saturated carbocycles. The van der Waals surface area contributed by atoms with Gasteiger partial charge in [-0.05, 0) is 38.6 Å². The minimum atomic E-state index is 0.0971. The van der Waals surface area contributed by atoms with Gasteiger partial charge in [0, 0.05) is 38.9 Å². The van der Waals surface area contributed by atoms with E-state index in [1.807, 2.05) is 18.3 Å². The number of amides is 1. The molecule has 1 amide bonds. The van der Waals surface area contributed by atoms with Gasteiger partial charge in [0.25, 0.3) is 0 Å². The molecule has 0 aromatic carbocycles. The lowest BCUT2D eigenvalue weighted by molar-refractivity contribution is -0.138. The molecular formula is C18H28N4O. The minimum Gasteiger partial charge on any atom is -0.339 e. The van der Waals surface area contributed by atoms with Crippen molar-refractivity contribution < 1.29 is 4.79 Å². The van der Waals surface area contributed by atoms with Crippen LogP contribution in [-0.2, 0) is 11.3 Å². The van der Waals surface area contributed by atoms with Crippen molar-refractivity contribution in [2.75, 3.05) is 39.8 Å². The molecule has 0 N–H and O–H groups in total. The molecule has 1 aromatic heterocycles. The first kappa shape index (κ1) is 16.4. The number of likely N-dealkylation sites (tertiary alicyclic amines) is 1. The van der Waals surface area contributed by atoms with Crippen molar-refractivity contribution in [2.24, 2.45) is 0 Å². The topological polar surface area (TPSA) is 39.7 Å². The summed E-state index contributed by atoms with van der Waals surface area (Å²) in [6.07, 6.45) is 6.52. The van der Waals surface area contributed by atoms with Crippen molar-refractivity contribution >= 4 is 5.91 Å². The van der Waals surface area contributed by atoms with Gasteiger partial charge in [-0.1, -0.05) is 18.9 Å². The van der Waals surface area contributed by atoms with Crippen molar-refractivity contribution in [2.45, 2.75) is 38.3 Å². The lowest BCUT2D eigenvalue weighted by atomic mass is 10.1. The molecule has 1 aromatic rings. The van der Waals surface area contributed by atoms with Crippen LogP contribution in [0.5, 0.6) is 0 Å². The quantitative estimate of drug-likeness (QED) is 0.849. The van der Waals surface area contributed by atoms with E-state index in [9.17, 15) is 4.79 Å². The second kappa shape index (κ2) is 7.88. The van der Waals surface area contributed by atoms with Gasteiger partial charge in [0.1, 0.15) is 0 Å². The Morgan fingerprint density at radius 3 is 2.70 bits per heavy atom. The number of nitrogens with zero attached hydrogens (tertiary/aromatic N) is 4. The van der Waals surface area contributed by atoms with Crippen LogP contribution in [0.2, 0.25) is 0 Å². The lowest BCUT2D eigenvalue weighted by Gasteiger charge is -2.37. The first-order valence-corrected chi connectivity index (χ1v) is 8.85. The normalized spacial score (nSPS) is 24.4. The van der Waals surface area contributed by atoms with Crippen LogP contribution in [0.3, 0.4) is 0 Å². The molecule has 1 atom stereocenters. The molecular weight excluding hydrogens is 288 g/mol. The maximum Gasteiger partial charge on any atom is 0.240 e. The predicted molar refractivity (Wildman–Crippen MR) is 91.0 cm³/mol. The maximum atomic E-state index is 12.8. The number of hydrogen-bond donors (Lipinski definition) is 0. The van der Waals surface area contributed by atoms with Crippen LogP contribution >= 0.6 is 0 Å². The highest BCUT2D eigenvalue weighted by Gasteiger charge is 2.30. The lowest BCUT2D eigenvalue weighted by Crippen LogP contribution is -2.54. The van der Waals surface area contributed by atoms with E-state index in [0.717, 1.165) is 51.4 Å². The Labute approximate surface area is 139 Å². The molecule has 2 fully saturated rings. The number of carbonyl (C=O) groups excluding carboxylic acids is 1. The molecule has 2 saturated heterocycles. The van der Waals surface area contributed by atoms with E-state index in [-0.39, 0.29) is 6.04 Å². The number of likely N-dealkylation sites (N-methyl/N-ethyl adjacent to an activating group) is 1. The molecule has 3 heterocycles. The fraction of sp³-hybridized carbons (Fsp3) is 0.667. The van der Waals surface area contributed by atoms with Crippen molar-refractivity contribution in [1.82, 2.24) is 19.7 Å². The molecule has 126 valence electrons. The predicted octanol–water partition coefficient (Wildman–Crippen LogP) is 1.60. The highest BCUT2D eigenvalue weighted by molar-refractivity contribution is 5.82. The minimum absolute atomic E-state index is 0.0971. The SMILES string of the molecule is CN1CCCCC[C@@H]1C(=O)N1CCN(Cc2ccccn2)CC1. The van der Waals surface area contributed by atoms with Crippen LogP contribution < -0.4 is 0 Å². The Kier molecular flexibility index (Phi) is 5.62. The number of hydrogen-bond acceptors (Lipinski definition) is 4. The molecule has 5 heteroatoms. The summed E-state index contributed by atoms with van der Waals surface area (Å²) < 4.78 is 0. The van der Waals surface area contributed by atoms with E-state index in [4.69, 9.17) is 0 Å². The molecule has 0 aliphatic carbocycles. The molecule has 2 aliphatic heterocycles. The Morgan fingerprint density at radius 1 is 1.13 bits per heavy atom. The summed E-state index contributed by atoms with van der Waals surface area (Å²) in [6, 6.07) is 6.14. The third-order valence-electron chi connectivity index (χ3n) is 5.10. The number of piperazine rings is 1. The summed E-state index contributed by atoms with van der Waals surface area (Å²) in [4.78, 5) is 23.9. The highest BCUT2D eigenvalue weighted by Crippen LogP contribution is 2.18. The van der Waals surface area contributed by atoms with Crippen molar-refractivity contribution in [1.29, 1.82) is 0 Å². The average Bonchev–Trinajstić information content (AvgIpc) is 2.80. The van der Waals surface area contributed by atoms with Gasteiger partial charge in [-0.2, -0.15) is 0 Å². The van der Waals surface area contributed by atoms with Crippen molar-refractivity contribution in [3.8, 4) is 0 Å². The van der Waals surface area contributed by atoms with Crippen LogP contribution in [-0.4, -0.2) is 71.4 Å². The van der Waals surface area contributed by atoms with Gasteiger partial charge in [-0.25, -0.2) is 0 Å². The summed E-state index contributed by atoms with van der Waals surface area (Å²) in [5, 5.41) is 0. The van der Waals surface area contributed by atoms with Crippen molar-refractivity contribution in [3.63, 3.8) is 0 Å². The Balaban J connectivity index is 1.51. The van der Waals surface area contributed by atoms with Crippen LogP contribution in [0.4, 0.5) is 0 Å². The molecule has 2 aliphatic rings. The molecule has 0 unspecified atom stereocenters. The monoisotopic (exact) mass is 316 g/mol. The fourth-order valence-corrected chi connectivity index (χ4v) is 3.62. The summed E-state index contributed by atoms with van der Waals surface area (Å²) in [7, 11) is 2.10. The van der Waals surface area contributed by atoms with Gasteiger partial charge in [-0.15, -0.1) is 0 Å². The first-order chi connectivity index (χ1) is 11.2. The van der Waals surface area contributed by atoms with Gasteiger partial charge < -0.3 is 4.90 Å². The standard InChI is InChI=1S/C18H28N4O/c1-20-10-6-2-3-8-17(20)18(23)22-13-11-21(12-14-22)15-16-7-4-5-9-19-16/h4-5,7,9,17H,2-3,6,8,10-15H2,1H3/t17-/m1/s1. The zero-order valence-corrected chi connectivity index (χ0v) is 14.2.